The number of rotatable bonds is 9. The Kier molecular flexibility index (Phi) is 6.63. The van der Waals surface area contributed by atoms with Gasteiger partial charge in [-0.15, -0.1) is 0 Å². The van der Waals surface area contributed by atoms with Crippen LogP contribution in [0.2, 0.25) is 0 Å². The Morgan fingerprint density at radius 3 is 2.52 bits per heavy atom. The molecule has 0 unspecified atom stereocenters. The molecule has 0 spiro atoms. The van der Waals surface area contributed by atoms with Crippen molar-refractivity contribution in [3.63, 3.8) is 0 Å². The van der Waals surface area contributed by atoms with Crippen LogP contribution < -0.4 is 15.4 Å². The van der Waals surface area contributed by atoms with Gasteiger partial charge in [-0.25, -0.2) is 4.98 Å². The zero-order valence-corrected chi connectivity index (χ0v) is 15.9. The minimum absolute atomic E-state index is 0.553. The quantitative estimate of drug-likeness (QED) is 0.462. The van der Waals surface area contributed by atoms with Crippen LogP contribution in [0.25, 0.3) is 0 Å². The average Bonchev–Trinajstić information content (AvgIpc) is 2.67. The molecular weight excluding hydrogens is 336 g/mol. The molecule has 0 bridgehead atoms. The maximum atomic E-state index is 6.00. The predicted octanol–water partition coefficient (Wildman–Crippen LogP) is 5.92. The van der Waals surface area contributed by atoms with E-state index in [2.05, 4.69) is 27.5 Å². The number of unbranched alkanes of at least 4 members (excludes halogenated alkanes) is 2. The predicted molar refractivity (Wildman–Crippen MR) is 111 cm³/mol. The average molecular weight is 362 g/mol. The third-order valence-electron chi connectivity index (χ3n) is 4.05. The lowest BCUT2D eigenvalue weighted by Gasteiger charge is -2.13. The van der Waals surface area contributed by atoms with E-state index in [1.807, 2.05) is 67.6 Å². The fourth-order valence-corrected chi connectivity index (χ4v) is 2.70. The molecule has 0 radical (unpaired) electrons. The number of aryl methyl sites for hydroxylation is 1. The Hall–Kier alpha value is -3.08. The van der Waals surface area contributed by atoms with Crippen molar-refractivity contribution in [2.75, 3.05) is 17.2 Å². The van der Waals surface area contributed by atoms with E-state index in [0.29, 0.717) is 5.95 Å². The van der Waals surface area contributed by atoms with Gasteiger partial charge in [0.25, 0.3) is 0 Å². The van der Waals surface area contributed by atoms with E-state index in [0.717, 1.165) is 41.7 Å². The van der Waals surface area contributed by atoms with Crippen molar-refractivity contribution in [2.24, 2.45) is 0 Å². The molecule has 5 nitrogen and oxygen atoms in total. The number of aromatic nitrogens is 2. The highest BCUT2D eigenvalue weighted by molar-refractivity contribution is 5.64. The number of nitrogens with one attached hydrogen (secondary N) is 2. The van der Waals surface area contributed by atoms with Gasteiger partial charge in [0.2, 0.25) is 5.95 Å². The first kappa shape index (κ1) is 18.7. The van der Waals surface area contributed by atoms with E-state index in [9.17, 15) is 0 Å². The summed E-state index contributed by atoms with van der Waals surface area (Å²) in [7, 11) is 0. The number of anilines is 3. The SMILES string of the molecule is CCCCCNc1cc(C)nc(Nc2ccccc2Oc2ccccc2)n1. The third kappa shape index (κ3) is 5.71. The van der Waals surface area contributed by atoms with Gasteiger partial charge >= 0.3 is 0 Å². The van der Waals surface area contributed by atoms with Crippen LogP contribution in [-0.4, -0.2) is 16.5 Å². The molecule has 3 aromatic rings. The highest BCUT2D eigenvalue weighted by Gasteiger charge is 2.08. The minimum atomic E-state index is 0.553. The second kappa shape index (κ2) is 9.57. The molecule has 140 valence electrons. The van der Waals surface area contributed by atoms with Crippen LogP contribution in [0.4, 0.5) is 17.5 Å². The zero-order chi connectivity index (χ0) is 18.9. The lowest BCUT2D eigenvalue weighted by atomic mass is 10.2. The number of para-hydroxylation sites is 3. The Labute approximate surface area is 160 Å². The van der Waals surface area contributed by atoms with Crippen molar-refractivity contribution >= 4 is 17.5 Å². The van der Waals surface area contributed by atoms with E-state index in [-0.39, 0.29) is 0 Å². The minimum Gasteiger partial charge on any atom is -0.455 e. The summed E-state index contributed by atoms with van der Waals surface area (Å²) >= 11 is 0. The molecule has 0 amide bonds. The van der Waals surface area contributed by atoms with Gasteiger partial charge in [0.15, 0.2) is 5.75 Å². The van der Waals surface area contributed by atoms with Crippen LogP contribution >= 0.6 is 0 Å². The third-order valence-corrected chi connectivity index (χ3v) is 4.05. The summed E-state index contributed by atoms with van der Waals surface area (Å²) in [6.45, 7) is 5.08. The standard InChI is InChI=1S/C22H26N4O/c1-3-4-10-15-23-21-16-17(2)24-22(26-21)25-19-13-8-9-14-20(19)27-18-11-6-5-7-12-18/h5-9,11-14,16H,3-4,10,15H2,1-2H3,(H2,23,24,25,26). The largest absolute Gasteiger partial charge is 0.455 e. The molecule has 27 heavy (non-hydrogen) atoms. The van der Waals surface area contributed by atoms with Crippen molar-refractivity contribution in [1.29, 1.82) is 0 Å². The molecule has 0 aliphatic rings. The molecule has 2 N–H and O–H groups in total. The van der Waals surface area contributed by atoms with Gasteiger partial charge in [0.1, 0.15) is 11.6 Å². The first-order chi connectivity index (χ1) is 13.2. The summed E-state index contributed by atoms with van der Waals surface area (Å²) in [5, 5.41) is 6.67. The molecular formula is C22H26N4O. The molecule has 0 fully saturated rings. The Morgan fingerprint density at radius 2 is 1.70 bits per heavy atom. The van der Waals surface area contributed by atoms with Gasteiger partial charge in [-0.3, -0.25) is 0 Å². The van der Waals surface area contributed by atoms with Gasteiger partial charge in [0.05, 0.1) is 5.69 Å². The first-order valence-corrected chi connectivity index (χ1v) is 9.43. The summed E-state index contributed by atoms with van der Waals surface area (Å²) in [4.78, 5) is 9.09. The normalized spacial score (nSPS) is 10.4. The Balaban J connectivity index is 1.74. The molecule has 0 saturated carbocycles. The smallest absolute Gasteiger partial charge is 0.229 e. The maximum Gasteiger partial charge on any atom is 0.229 e. The van der Waals surface area contributed by atoms with Crippen molar-refractivity contribution < 1.29 is 4.74 Å². The fraction of sp³-hybridized carbons (Fsp3) is 0.273. The summed E-state index contributed by atoms with van der Waals surface area (Å²) in [6.07, 6.45) is 3.55. The molecule has 1 heterocycles. The van der Waals surface area contributed by atoms with Crippen LogP contribution in [0.3, 0.4) is 0 Å². The van der Waals surface area contributed by atoms with Crippen molar-refractivity contribution in [3.8, 4) is 11.5 Å². The van der Waals surface area contributed by atoms with Crippen molar-refractivity contribution in [3.05, 3.63) is 66.4 Å². The van der Waals surface area contributed by atoms with Crippen LogP contribution in [0.15, 0.2) is 60.7 Å². The van der Waals surface area contributed by atoms with Crippen molar-refractivity contribution in [2.45, 2.75) is 33.1 Å². The Bertz CT molecular complexity index is 852. The summed E-state index contributed by atoms with van der Waals surface area (Å²) in [6, 6.07) is 19.5. The van der Waals surface area contributed by atoms with Gasteiger partial charge in [-0.1, -0.05) is 50.1 Å². The van der Waals surface area contributed by atoms with E-state index in [1.54, 1.807) is 0 Å². The fourth-order valence-electron chi connectivity index (χ4n) is 2.70. The molecule has 5 heteroatoms. The Morgan fingerprint density at radius 1 is 0.926 bits per heavy atom. The maximum absolute atomic E-state index is 6.00. The summed E-state index contributed by atoms with van der Waals surface area (Å²) in [5.74, 6) is 2.90. The van der Waals surface area contributed by atoms with Crippen LogP contribution in [-0.2, 0) is 0 Å². The molecule has 3 rings (SSSR count). The second-order valence-electron chi connectivity index (χ2n) is 6.39. The molecule has 0 saturated heterocycles. The number of hydrogen-bond donors (Lipinski definition) is 2. The van der Waals surface area contributed by atoms with Crippen LogP contribution in [0.5, 0.6) is 11.5 Å². The first-order valence-electron chi connectivity index (χ1n) is 9.43. The number of nitrogens with zero attached hydrogens (tertiary/aromatic N) is 2. The zero-order valence-electron chi connectivity index (χ0n) is 15.9. The van der Waals surface area contributed by atoms with E-state index < -0.39 is 0 Å². The molecule has 0 atom stereocenters. The van der Waals surface area contributed by atoms with E-state index in [4.69, 9.17) is 4.74 Å². The summed E-state index contributed by atoms with van der Waals surface area (Å²) in [5.41, 5.74) is 1.73. The molecule has 0 aliphatic heterocycles. The van der Waals surface area contributed by atoms with E-state index in [1.165, 1.54) is 12.8 Å². The lowest BCUT2D eigenvalue weighted by molar-refractivity contribution is 0.485. The molecule has 2 aromatic carbocycles. The number of benzene rings is 2. The van der Waals surface area contributed by atoms with E-state index >= 15 is 0 Å². The van der Waals surface area contributed by atoms with Gasteiger partial charge in [0, 0.05) is 18.3 Å². The topological polar surface area (TPSA) is 59.1 Å². The van der Waals surface area contributed by atoms with Crippen molar-refractivity contribution in [1.82, 2.24) is 9.97 Å². The monoisotopic (exact) mass is 362 g/mol. The molecule has 1 aromatic heterocycles. The number of ether oxygens (including phenoxy) is 1. The van der Waals surface area contributed by atoms with Gasteiger partial charge in [-0.05, 0) is 37.6 Å². The highest BCUT2D eigenvalue weighted by Crippen LogP contribution is 2.30. The summed E-state index contributed by atoms with van der Waals surface area (Å²) < 4.78 is 6.00. The molecule has 0 aliphatic carbocycles. The lowest BCUT2D eigenvalue weighted by Crippen LogP contribution is -2.07. The van der Waals surface area contributed by atoms with Gasteiger partial charge < -0.3 is 15.4 Å². The second-order valence-corrected chi connectivity index (χ2v) is 6.39. The highest BCUT2D eigenvalue weighted by atomic mass is 16.5. The number of hydrogen-bond acceptors (Lipinski definition) is 5. The van der Waals surface area contributed by atoms with Crippen LogP contribution in [0.1, 0.15) is 31.9 Å². The van der Waals surface area contributed by atoms with Crippen LogP contribution in [0, 0.1) is 6.92 Å². The van der Waals surface area contributed by atoms with Gasteiger partial charge in [-0.2, -0.15) is 4.98 Å².